The summed E-state index contributed by atoms with van der Waals surface area (Å²) in [5, 5.41) is 19.5. The number of aromatic nitrogens is 1. The Hall–Kier alpha value is -3.66. The van der Waals surface area contributed by atoms with Gasteiger partial charge in [0.2, 0.25) is 0 Å². The molecule has 0 aliphatic rings. The van der Waals surface area contributed by atoms with Crippen molar-refractivity contribution in [3.05, 3.63) is 58.3 Å². The molecule has 7 heteroatoms. The number of nitrogens with zero attached hydrogens (tertiary/aromatic N) is 3. The largest absolute Gasteiger partial charge is 0.497 e. The van der Waals surface area contributed by atoms with Gasteiger partial charge < -0.3 is 9.47 Å². The standard InChI is InChI=1S/C18H16N2O4.CHN/c1-11-16-10-14(24-3)8-9-15(16)18(20(21)22)17(19-11)12-4-6-13(23-2)7-5-12;1-2/h4-10H,1-3H3;1H. The van der Waals surface area contributed by atoms with Crippen LogP contribution in [-0.4, -0.2) is 24.1 Å². The van der Waals surface area contributed by atoms with Gasteiger partial charge in [0.15, 0.2) is 0 Å². The molecular weight excluding hydrogens is 334 g/mol. The van der Waals surface area contributed by atoms with E-state index >= 15 is 0 Å². The first-order valence-corrected chi connectivity index (χ1v) is 7.58. The van der Waals surface area contributed by atoms with Crippen molar-refractivity contribution in [2.45, 2.75) is 6.92 Å². The Balaban J connectivity index is 0.00000117. The Bertz CT molecular complexity index is 966. The normalized spacial score (nSPS) is 9.88. The number of nitriles is 1. The second-order valence-electron chi connectivity index (χ2n) is 5.29. The van der Waals surface area contributed by atoms with Crippen LogP contribution in [-0.2, 0) is 0 Å². The summed E-state index contributed by atoms with van der Waals surface area (Å²) in [6.45, 7) is 5.33. The maximum absolute atomic E-state index is 11.7. The Morgan fingerprint density at radius 3 is 2.12 bits per heavy atom. The molecule has 2 aromatic carbocycles. The van der Waals surface area contributed by atoms with E-state index in [1.165, 1.54) is 0 Å². The van der Waals surface area contributed by atoms with Crippen LogP contribution in [0, 0.1) is 28.9 Å². The van der Waals surface area contributed by atoms with Gasteiger partial charge in [-0.3, -0.25) is 10.1 Å². The molecule has 0 aliphatic heterocycles. The molecule has 0 saturated heterocycles. The minimum atomic E-state index is -0.388. The van der Waals surface area contributed by atoms with E-state index in [9.17, 15) is 10.1 Å². The molecule has 132 valence electrons. The van der Waals surface area contributed by atoms with Crippen LogP contribution < -0.4 is 9.47 Å². The summed E-state index contributed by atoms with van der Waals surface area (Å²) in [5.74, 6) is 1.32. The molecule has 7 nitrogen and oxygen atoms in total. The van der Waals surface area contributed by atoms with Crippen molar-refractivity contribution in [2.24, 2.45) is 0 Å². The Kier molecular flexibility index (Phi) is 5.71. The summed E-state index contributed by atoms with van der Waals surface area (Å²) in [6.07, 6.45) is 0. The zero-order chi connectivity index (χ0) is 19.3. The van der Waals surface area contributed by atoms with Crippen LogP contribution in [0.2, 0.25) is 0 Å². The molecule has 0 amide bonds. The fourth-order valence-electron chi connectivity index (χ4n) is 2.70. The lowest BCUT2D eigenvalue weighted by Gasteiger charge is -2.10. The van der Waals surface area contributed by atoms with Crippen molar-refractivity contribution < 1.29 is 14.4 Å². The highest BCUT2D eigenvalue weighted by Crippen LogP contribution is 2.37. The average Bonchev–Trinajstić information content (AvgIpc) is 2.69. The first-order chi connectivity index (χ1) is 12.5. The van der Waals surface area contributed by atoms with E-state index < -0.39 is 0 Å². The van der Waals surface area contributed by atoms with Crippen LogP contribution in [0.15, 0.2) is 42.5 Å². The molecule has 0 aliphatic carbocycles. The van der Waals surface area contributed by atoms with Crippen LogP contribution in [0.25, 0.3) is 22.0 Å². The van der Waals surface area contributed by atoms with E-state index in [0.717, 1.165) is 0 Å². The van der Waals surface area contributed by atoms with Gasteiger partial charge in [-0.2, -0.15) is 0 Å². The molecule has 0 spiro atoms. The van der Waals surface area contributed by atoms with E-state index in [2.05, 4.69) is 11.6 Å². The van der Waals surface area contributed by atoms with Gasteiger partial charge >= 0.3 is 5.69 Å². The van der Waals surface area contributed by atoms with E-state index in [0.29, 0.717) is 39.2 Å². The van der Waals surface area contributed by atoms with Crippen LogP contribution in [0.5, 0.6) is 11.5 Å². The molecule has 1 heterocycles. The van der Waals surface area contributed by atoms with E-state index in [4.69, 9.17) is 14.7 Å². The second-order valence-corrected chi connectivity index (χ2v) is 5.29. The van der Waals surface area contributed by atoms with Gasteiger partial charge in [0.25, 0.3) is 0 Å². The number of ether oxygens (including phenoxy) is 2. The number of pyridine rings is 1. The minimum Gasteiger partial charge on any atom is -0.497 e. The molecule has 26 heavy (non-hydrogen) atoms. The van der Waals surface area contributed by atoms with Crippen molar-refractivity contribution in [2.75, 3.05) is 14.2 Å². The smallest absolute Gasteiger partial charge is 0.303 e. The summed E-state index contributed by atoms with van der Waals surface area (Å²) < 4.78 is 10.3. The maximum atomic E-state index is 11.7. The van der Waals surface area contributed by atoms with Crippen molar-refractivity contribution in [1.29, 1.82) is 5.26 Å². The van der Waals surface area contributed by atoms with Gasteiger partial charge in [-0.15, -0.1) is 0 Å². The van der Waals surface area contributed by atoms with Crippen LogP contribution in [0.1, 0.15) is 5.69 Å². The van der Waals surface area contributed by atoms with Crippen LogP contribution in [0.3, 0.4) is 0 Å². The topological polar surface area (TPSA) is 98.3 Å². The van der Waals surface area contributed by atoms with Crippen LogP contribution >= 0.6 is 0 Å². The third-order valence-electron chi connectivity index (χ3n) is 3.92. The Morgan fingerprint density at radius 1 is 1.00 bits per heavy atom. The maximum Gasteiger partial charge on any atom is 0.303 e. The molecule has 3 rings (SSSR count). The number of hydrogen-bond acceptors (Lipinski definition) is 6. The number of methoxy groups -OCH3 is 2. The first-order valence-electron chi connectivity index (χ1n) is 7.58. The lowest BCUT2D eigenvalue weighted by Crippen LogP contribution is -1.99. The highest BCUT2D eigenvalue weighted by molar-refractivity contribution is 5.98. The molecule has 1 aromatic heterocycles. The summed E-state index contributed by atoms with van der Waals surface area (Å²) in [4.78, 5) is 15.8. The van der Waals surface area contributed by atoms with Crippen LogP contribution in [0.4, 0.5) is 5.69 Å². The molecule has 0 saturated carbocycles. The molecule has 0 unspecified atom stereocenters. The number of fused-ring (bicyclic) bond motifs is 1. The SMILES string of the molecule is C#N.COc1ccc(-c2nc(C)c3cc(OC)ccc3c2[N+](=O)[O-])cc1. The summed E-state index contributed by atoms with van der Waals surface area (Å²) >= 11 is 0. The molecule has 0 N–H and O–H groups in total. The van der Waals surface area contributed by atoms with Gasteiger partial charge in [0, 0.05) is 23.2 Å². The molecule has 0 fully saturated rings. The highest BCUT2D eigenvalue weighted by atomic mass is 16.6. The minimum absolute atomic E-state index is 0.0107. The third-order valence-corrected chi connectivity index (χ3v) is 3.92. The fraction of sp³-hybridized carbons (Fsp3) is 0.158. The summed E-state index contributed by atoms with van der Waals surface area (Å²) in [7, 11) is 3.13. The molecular formula is C19H17N3O4. The summed E-state index contributed by atoms with van der Waals surface area (Å²) in [5.41, 5.74) is 1.71. The van der Waals surface area contributed by atoms with E-state index in [1.807, 2.05) is 6.92 Å². The monoisotopic (exact) mass is 351 g/mol. The highest BCUT2D eigenvalue weighted by Gasteiger charge is 2.23. The fourth-order valence-corrected chi connectivity index (χ4v) is 2.70. The average molecular weight is 351 g/mol. The third kappa shape index (κ3) is 3.39. The van der Waals surface area contributed by atoms with Gasteiger partial charge in [0.1, 0.15) is 17.2 Å². The molecule has 0 bridgehead atoms. The Morgan fingerprint density at radius 2 is 1.58 bits per heavy atom. The first kappa shape index (κ1) is 18.7. The van der Waals surface area contributed by atoms with Crippen molar-refractivity contribution in [3.8, 4) is 29.3 Å². The van der Waals surface area contributed by atoms with Gasteiger partial charge in [-0.05, 0) is 49.4 Å². The molecule has 0 atom stereocenters. The predicted octanol–water partition coefficient (Wildman–Crippen LogP) is 4.28. The van der Waals surface area contributed by atoms with E-state index in [-0.39, 0.29) is 10.6 Å². The lowest BCUT2D eigenvalue weighted by molar-refractivity contribution is -0.382. The number of aryl methyl sites for hydroxylation is 1. The van der Waals surface area contributed by atoms with Gasteiger partial charge in [-0.1, -0.05) is 0 Å². The number of rotatable bonds is 4. The zero-order valence-corrected chi connectivity index (χ0v) is 14.6. The zero-order valence-electron chi connectivity index (χ0n) is 14.6. The van der Waals surface area contributed by atoms with Crippen molar-refractivity contribution >= 4 is 16.5 Å². The van der Waals surface area contributed by atoms with Gasteiger partial charge in [0.05, 0.1) is 24.5 Å². The van der Waals surface area contributed by atoms with Crippen molar-refractivity contribution in [1.82, 2.24) is 4.98 Å². The second kappa shape index (κ2) is 7.94. The predicted molar refractivity (Wildman–Crippen MR) is 98.3 cm³/mol. The summed E-state index contributed by atoms with van der Waals surface area (Å²) in [6, 6.07) is 12.2. The Labute approximate surface area is 150 Å². The van der Waals surface area contributed by atoms with Gasteiger partial charge in [-0.25, -0.2) is 10.2 Å². The lowest BCUT2D eigenvalue weighted by atomic mass is 10.0. The van der Waals surface area contributed by atoms with E-state index in [1.54, 1.807) is 56.7 Å². The number of hydrogen-bond donors (Lipinski definition) is 0. The molecule has 0 radical (unpaired) electrons. The quantitative estimate of drug-likeness (QED) is 0.514. The molecule has 3 aromatic rings. The van der Waals surface area contributed by atoms with Crippen molar-refractivity contribution in [3.63, 3.8) is 0 Å². The number of benzene rings is 2. The number of nitro groups is 1.